The van der Waals surface area contributed by atoms with Crippen LogP contribution in [-0.4, -0.2) is 28.4 Å². The predicted molar refractivity (Wildman–Crippen MR) is 96.0 cm³/mol. The van der Waals surface area contributed by atoms with Gasteiger partial charge in [0, 0.05) is 12.5 Å². The van der Waals surface area contributed by atoms with Gasteiger partial charge in [-0.1, -0.05) is 29.8 Å². The van der Waals surface area contributed by atoms with Gasteiger partial charge in [-0.2, -0.15) is 0 Å². The highest BCUT2D eigenvalue weighted by Gasteiger charge is 2.29. The van der Waals surface area contributed by atoms with Gasteiger partial charge < -0.3 is 20.6 Å². The number of rotatable bonds is 3. The lowest BCUT2D eigenvalue weighted by Crippen LogP contribution is -2.14. The van der Waals surface area contributed by atoms with E-state index in [1.807, 2.05) is 18.2 Å². The van der Waals surface area contributed by atoms with Crippen molar-refractivity contribution in [3.63, 3.8) is 0 Å². The van der Waals surface area contributed by atoms with E-state index in [1.165, 1.54) is 6.07 Å². The molecule has 0 aromatic heterocycles. The van der Waals surface area contributed by atoms with Crippen LogP contribution in [0.4, 0.5) is 0 Å². The zero-order chi connectivity index (χ0) is 15.7. The second-order valence-corrected chi connectivity index (χ2v) is 6.13. The van der Waals surface area contributed by atoms with Gasteiger partial charge in [-0.3, -0.25) is 0 Å². The van der Waals surface area contributed by atoms with Crippen molar-refractivity contribution in [3.8, 4) is 17.2 Å². The number of para-hydroxylation sites is 1. The van der Waals surface area contributed by atoms with Crippen molar-refractivity contribution in [3.05, 3.63) is 52.5 Å². The first-order valence-electron chi connectivity index (χ1n) is 7.25. The normalized spacial score (nSPS) is 20.2. The van der Waals surface area contributed by atoms with Crippen LogP contribution in [0.5, 0.6) is 17.2 Å². The fourth-order valence-corrected chi connectivity index (χ4v) is 3.31. The van der Waals surface area contributed by atoms with E-state index >= 15 is 0 Å². The molecule has 2 unspecified atom stereocenters. The van der Waals surface area contributed by atoms with Gasteiger partial charge in [0.25, 0.3) is 0 Å². The fraction of sp³-hybridized carbons (Fsp3) is 0.294. The Labute approximate surface area is 150 Å². The highest BCUT2D eigenvalue weighted by Crippen LogP contribution is 2.37. The molecule has 0 radical (unpaired) electrons. The molecule has 0 bridgehead atoms. The molecule has 23 heavy (non-hydrogen) atoms. The van der Waals surface area contributed by atoms with Crippen molar-refractivity contribution in [1.29, 1.82) is 0 Å². The van der Waals surface area contributed by atoms with Gasteiger partial charge >= 0.3 is 0 Å². The number of phenolic OH excluding ortho intramolecular Hbond substituents is 3. The molecule has 4 N–H and O–H groups in total. The first kappa shape index (κ1) is 17.9. The molecular weight excluding hydrogens is 382 g/mol. The van der Waals surface area contributed by atoms with Gasteiger partial charge in [-0.25, -0.2) is 0 Å². The maximum Gasteiger partial charge on any atom is 0.157 e. The first-order chi connectivity index (χ1) is 10.6. The third-order valence-corrected chi connectivity index (χ3v) is 4.62. The smallest absolute Gasteiger partial charge is 0.157 e. The van der Waals surface area contributed by atoms with E-state index in [-0.39, 0.29) is 46.1 Å². The van der Waals surface area contributed by atoms with Crippen LogP contribution in [0.1, 0.15) is 17.0 Å². The Hall–Kier alpha value is -1.43. The van der Waals surface area contributed by atoms with E-state index in [4.69, 9.17) is 11.6 Å². The molecule has 1 aliphatic heterocycles. The summed E-state index contributed by atoms with van der Waals surface area (Å²) in [7, 11) is 0. The molecule has 0 aliphatic carbocycles. The molecule has 1 fully saturated rings. The van der Waals surface area contributed by atoms with Gasteiger partial charge in [0.15, 0.2) is 11.5 Å². The van der Waals surface area contributed by atoms with Crippen molar-refractivity contribution >= 4 is 28.6 Å². The minimum Gasteiger partial charge on any atom is -0.506 e. The lowest BCUT2D eigenvalue weighted by molar-refractivity contribution is 0.401. The minimum absolute atomic E-state index is 0. The van der Waals surface area contributed by atoms with Gasteiger partial charge in [-0.15, -0.1) is 17.0 Å². The first-order valence-corrected chi connectivity index (χ1v) is 7.63. The summed E-state index contributed by atoms with van der Waals surface area (Å²) >= 11 is 5.96. The van der Waals surface area contributed by atoms with Crippen LogP contribution < -0.4 is 5.32 Å². The number of hydrogen-bond donors (Lipinski definition) is 4. The molecule has 1 aliphatic rings. The van der Waals surface area contributed by atoms with Gasteiger partial charge in [0.05, 0.1) is 5.02 Å². The zero-order valence-corrected chi connectivity index (χ0v) is 14.8. The highest BCUT2D eigenvalue weighted by atomic mass is 79.9. The molecule has 1 heterocycles. The second-order valence-electron chi connectivity index (χ2n) is 5.72. The SMILES string of the molecule is Br.Oc1ccc(C2CNCC2Cc2cccc(Cl)c2O)cc1O. The lowest BCUT2D eigenvalue weighted by atomic mass is 9.84. The summed E-state index contributed by atoms with van der Waals surface area (Å²) in [5.74, 6) is 0.425. The topological polar surface area (TPSA) is 72.7 Å². The van der Waals surface area contributed by atoms with Crippen LogP contribution in [-0.2, 0) is 6.42 Å². The maximum atomic E-state index is 10.1. The number of phenols is 3. The third-order valence-electron chi connectivity index (χ3n) is 4.32. The Bertz CT molecular complexity index is 696. The molecule has 2 aromatic carbocycles. The number of halogens is 2. The molecule has 2 aromatic rings. The Kier molecular flexibility index (Phi) is 5.79. The summed E-state index contributed by atoms with van der Waals surface area (Å²) in [5, 5.41) is 32.9. The zero-order valence-electron chi connectivity index (χ0n) is 12.4. The Morgan fingerprint density at radius 2 is 1.83 bits per heavy atom. The summed E-state index contributed by atoms with van der Waals surface area (Å²) in [6, 6.07) is 10.3. The van der Waals surface area contributed by atoms with E-state index in [0.29, 0.717) is 11.4 Å². The number of hydrogen-bond acceptors (Lipinski definition) is 4. The molecule has 0 saturated carbocycles. The van der Waals surface area contributed by atoms with Crippen LogP contribution in [0.25, 0.3) is 0 Å². The van der Waals surface area contributed by atoms with E-state index in [9.17, 15) is 15.3 Å². The van der Waals surface area contributed by atoms with E-state index in [1.54, 1.807) is 12.1 Å². The van der Waals surface area contributed by atoms with Crippen molar-refractivity contribution in [2.45, 2.75) is 12.3 Å². The van der Waals surface area contributed by atoms with Crippen LogP contribution in [0.15, 0.2) is 36.4 Å². The van der Waals surface area contributed by atoms with Crippen molar-refractivity contribution < 1.29 is 15.3 Å². The average Bonchev–Trinajstić information content (AvgIpc) is 2.95. The predicted octanol–water partition coefficient (Wildman–Crippen LogP) is 3.58. The minimum atomic E-state index is -0.112. The van der Waals surface area contributed by atoms with Crippen molar-refractivity contribution in [2.24, 2.45) is 5.92 Å². The van der Waals surface area contributed by atoms with Crippen LogP contribution >= 0.6 is 28.6 Å². The van der Waals surface area contributed by atoms with E-state index < -0.39 is 0 Å². The lowest BCUT2D eigenvalue weighted by Gasteiger charge is -2.20. The van der Waals surface area contributed by atoms with Gasteiger partial charge in [0.2, 0.25) is 0 Å². The molecule has 124 valence electrons. The molecule has 0 amide bonds. The molecule has 1 saturated heterocycles. The quantitative estimate of drug-likeness (QED) is 0.594. The van der Waals surface area contributed by atoms with Gasteiger partial charge in [-0.05, 0) is 48.2 Å². The largest absolute Gasteiger partial charge is 0.506 e. The summed E-state index contributed by atoms with van der Waals surface area (Å²) < 4.78 is 0. The molecular formula is C17H19BrClNO3. The standard InChI is InChI=1S/C17H18ClNO3.BrH/c18-14-3-1-2-11(17(14)22)6-12-8-19-9-13(12)10-4-5-15(20)16(21)7-10;/h1-5,7,12-13,19-22H,6,8-9H2;1H. The Balaban J connectivity index is 0.00000192. The fourth-order valence-electron chi connectivity index (χ4n) is 3.12. The number of benzene rings is 2. The summed E-state index contributed by atoms with van der Waals surface area (Å²) in [5.41, 5.74) is 1.81. The van der Waals surface area contributed by atoms with Crippen LogP contribution in [0.3, 0.4) is 0 Å². The molecule has 3 rings (SSSR count). The van der Waals surface area contributed by atoms with E-state index in [0.717, 1.165) is 24.2 Å². The third kappa shape index (κ3) is 3.74. The Morgan fingerprint density at radius 1 is 1.04 bits per heavy atom. The molecule has 4 nitrogen and oxygen atoms in total. The second kappa shape index (κ2) is 7.43. The maximum absolute atomic E-state index is 10.1. The van der Waals surface area contributed by atoms with Crippen molar-refractivity contribution in [1.82, 2.24) is 5.32 Å². The number of aromatic hydroxyl groups is 3. The Morgan fingerprint density at radius 3 is 2.57 bits per heavy atom. The average molecular weight is 401 g/mol. The number of nitrogens with one attached hydrogen (secondary N) is 1. The monoisotopic (exact) mass is 399 g/mol. The van der Waals surface area contributed by atoms with Crippen molar-refractivity contribution in [2.75, 3.05) is 13.1 Å². The summed E-state index contributed by atoms with van der Waals surface area (Å²) in [6.45, 7) is 1.63. The van der Waals surface area contributed by atoms with E-state index in [2.05, 4.69) is 5.32 Å². The molecule has 0 spiro atoms. The van der Waals surface area contributed by atoms with Crippen LogP contribution in [0.2, 0.25) is 5.02 Å². The molecule has 2 atom stereocenters. The van der Waals surface area contributed by atoms with Gasteiger partial charge in [0.1, 0.15) is 5.75 Å². The highest BCUT2D eigenvalue weighted by molar-refractivity contribution is 8.93. The summed E-state index contributed by atoms with van der Waals surface area (Å²) in [4.78, 5) is 0. The molecule has 6 heteroatoms. The van der Waals surface area contributed by atoms with Crippen LogP contribution in [0, 0.1) is 5.92 Å². The summed E-state index contributed by atoms with van der Waals surface area (Å²) in [6.07, 6.45) is 0.700.